The van der Waals surface area contributed by atoms with Crippen LogP contribution in [0.3, 0.4) is 0 Å². The average Bonchev–Trinajstić information content (AvgIpc) is 3.82. The molecular formula is C28H34N4O6. The first-order chi connectivity index (χ1) is 18.2. The molecule has 10 nitrogen and oxygen atoms in total. The number of aromatic nitrogens is 3. The highest BCUT2D eigenvalue weighted by Gasteiger charge is 2.61. The van der Waals surface area contributed by atoms with Gasteiger partial charge < -0.3 is 19.0 Å². The monoisotopic (exact) mass is 522 g/mol. The smallest absolute Gasteiger partial charge is 0.411 e. The molecule has 2 aromatic carbocycles. The number of rotatable bonds is 10. The van der Waals surface area contributed by atoms with E-state index in [1.165, 1.54) is 12.0 Å². The molecule has 2 aliphatic carbocycles. The SMILES string of the molecule is COC(=O)[C@](Cc1ccc(OCOn2nnc3ccccc32)cc1)(C1CC1)N(C(=O)OC(C)(C)C)C1CC1. The first-order valence-corrected chi connectivity index (χ1v) is 13.0. The Kier molecular flexibility index (Phi) is 6.90. The van der Waals surface area contributed by atoms with E-state index in [0.29, 0.717) is 12.2 Å². The Morgan fingerprint density at radius 1 is 1.03 bits per heavy atom. The normalized spacial score (nSPS) is 16.9. The molecule has 2 aliphatic rings. The lowest BCUT2D eigenvalue weighted by atomic mass is 9.83. The maximum Gasteiger partial charge on any atom is 0.411 e. The second-order valence-corrected chi connectivity index (χ2v) is 10.9. The molecule has 1 aromatic heterocycles. The molecule has 0 spiro atoms. The van der Waals surface area contributed by atoms with Crippen LogP contribution in [0.25, 0.3) is 11.0 Å². The van der Waals surface area contributed by atoms with E-state index < -0.39 is 23.2 Å². The van der Waals surface area contributed by atoms with Crippen LogP contribution < -0.4 is 9.57 Å². The molecule has 0 radical (unpaired) electrons. The van der Waals surface area contributed by atoms with E-state index >= 15 is 0 Å². The number of benzene rings is 2. The summed E-state index contributed by atoms with van der Waals surface area (Å²) in [4.78, 5) is 35.5. The largest absolute Gasteiger partial charge is 0.467 e. The topological polar surface area (TPSA) is 105 Å². The van der Waals surface area contributed by atoms with Gasteiger partial charge >= 0.3 is 12.1 Å². The molecule has 1 atom stereocenters. The molecule has 1 amide bonds. The molecule has 3 aromatic rings. The highest BCUT2D eigenvalue weighted by Crippen LogP contribution is 2.50. The number of hydrogen-bond acceptors (Lipinski definition) is 8. The molecule has 0 unspecified atom stereocenters. The zero-order valence-electron chi connectivity index (χ0n) is 22.3. The predicted molar refractivity (Wildman–Crippen MR) is 138 cm³/mol. The third-order valence-electron chi connectivity index (χ3n) is 6.84. The van der Waals surface area contributed by atoms with Crippen LogP contribution in [0.15, 0.2) is 48.5 Å². The van der Waals surface area contributed by atoms with Gasteiger partial charge in [-0.2, -0.15) is 0 Å². The molecule has 38 heavy (non-hydrogen) atoms. The Morgan fingerprint density at radius 3 is 2.37 bits per heavy atom. The number of carbonyl (C=O) groups is 2. The van der Waals surface area contributed by atoms with Crippen molar-refractivity contribution in [3.63, 3.8) is 0 Å². The fourth-order valence-electron chi connectivity index (χ4n) is 4.88. The van der Waals surface area contributed by atoms with Gasteiger partial charge in [0.2, 0.25) is 0 Å². The van der Waals surface area contributed by atoms with E-state index in [-0.39, 0.29) is 18.8 Å². The van der Waals surface area contributed by atoms with Gasteiger partial charge in [-0.25, -0.2) is 9.59 Å². The quantitative estimate of drug-likeness (QED) is 0.289. The Balaban J connectivity index is 1.31. The van der Waals surface area contributed by atoms with Crippen molar-refractivity contribution in [2.24, 2.45) is 5.92 Å². The van der Waals surface area contributed by atoms with E-state index in [1.54, 1.807) is 4.90 Å². The van der Waals surface area contributed by atoms with Crippen molar-refractivity contribution in [3.05, 3.63) is 54.1 Å². The summed E-state index contributed by atoms with van der Waals surface area (Å²) in [5.41, 5.74) is 0.587. The highest BCUT2D eigenvalue weighted by atomic mass is 16.8. The Morgan fingerprint density at radius 2 is 1.74 bits per heavy atom. The van der Waals surface area contributed by atoms with E-state index in [9.17, 15) is 9.59 Å². The Hall–Kier alpha value is -3.82. The zero-order valence-corrected chi connectivity index (χ0v) is 22.3. The van der Waals surface area contributed by atoms with Crippen LogP contribution in [0.1, 0.15) is 52.0 Å². The number of amides is 1. The van der Waals surface area contributed by atoms with Crippen molar-refractivity contribution >= 4 is 23.1 Å². The number of hydrogen-bond donors (Lipinski definition) is 0. The molecule has 0 N–H and O–H groups in total. The molecule has 0 bridgehead atoms. The lowest BCUT2D eigenvalue weighted by Gasteiger charge is -2.42. The van der Waals surface area contributed by atoms with Crippen LogP contribution in [-0.2, 0) is 20.7 Å². The van der Waals surface area contributed by atoms with Gasteiger partial charge in [0.15, 0.2) is 5.54 Å². The van der Waals surface area contributed by atoms with E-state index in [0.717, 1.165) is 42.3 Å². The minimum Gasteiger partial charge on any atom is -0.467 e. The van der Waals surface area contributed by atoms with Crippen LogP contribution in [-0.4, -0.2) is 63.2 Å². The summed E-state index contributed by atoms with van der Waals surface area (Å²) in [7, 11) is 1.38. The maximum absolute atomic E-state index is 13.5. The molecular weight excluding hydrogens is 488 g/mol. The van der Waals surface area contributed by atoms with Crippen molar-refractivity contribution in [2.75, 3.05) is 13.9 Å². The van der Waals surface area contributed by atoms with Crippen LogP contribution in [0.4, 0.5) is 4.79 Å². The minimum atomic E-state index is -1.11. The number of fused-ring (bicyclic) bond motifs is 1. The lowest BCUT2D eigenvalue weighted by Crippen LogP contribution is -2.62. The molecule has 0 saturated heterocycles. The number of nitrogens with zero attached hydrogens (tertiary/aromatic N) is 4. The van der Waals surface area contributed by atoms with Crippen molar-refractivity contribution in [3.8, 4) is 5.75 Å². The van der Waals surface area contributed by atoms with E-state index in [1.807, 2.05) is 69.3 Å². The summed E-state index contributed by atoms with van der Waals surface area (Å²) >= 11 is 0. The second-order valence-electron chi connectivity index (χ2n) is 10.9. The van der Waals surface area contributed by atoms with Crippen LogP contribution in [0, 0.1) is 5.92 Å². The number of esters is 1. The van der Waals surface area contributed by atoms with Crippen molar-refractivity contribution in [1.29, 1.82) is 0 Å². The first kappa shape index (κ1) is 25.8. The summed E-state index contributed by atoms with van der Waals surface area (Å²) in [5, 5.41) is 8.03. The van der Waals surface area contributed by atoms with Crippen LogP contribution >= 0.6 is 0 Å². The molecule has 2 fully saturated rings. The van der Waals surface area contributed by atoms with E-state index in [4.69, 9.17) is 19.0 Å². The summed E-state index contributed by atoms with van der Waals surface area (Å²) in [6.45, 7) is 5.44. The van der Waals surface area contributed by atoms with Crippen molar-refractivity contribution < 1.29 is 28.6 Å². The number of para-hydroxylation sites is 1. The van der Waals surface area contributed by atoms with Gasteiger partial charge in [0.25, 0.3) is 6.79 Å². The molecule has 2 saturated carbocycles. The fourth-order valence-corrected chi connectivity index (χ4v) is 4.88. The Bertz CT molecular complexity index is 1290. The van der Waals surface area contributed by atoms with Gasteiger partial charge in [-0.1, -0.05) is 29.1 Å². The number of carbonyl (C=O) groups excluding carboxylic acids is 2. The highest BCUT2D eigenvalue weighted by molar-refractivity contribution is 5.87. The molecule has 0 aliphatic heterocycles. The summed E-state index contributed by atoms with van der Waals surface area (Å²) < 4.78 is 16.8. The third kappa shape index (κ3) is 5.39. The fraction of sp³-hybridized carbons (Fsp3) is 0.500. The van der Waals surface area contributed by atoms with Gasteiger partial charge in [-0.05, 0) is 87.4 Å². The van der Waals surface area contributed by atoms with Crippen LogP contribution in [0.5, 0.6) is 5.75 Å². The predicted octanol–water partition coefficient (Wildman–Crippen LogP) is 4.16. The first-order valence-electron chi connectivity index (χ1n) is 13.0. The van der Waals surface area contributed by atoms with Crippen LogP contribution in [0.2, 0.25) is 0 Å². The van der Waals surface area contributed by atoms with Gasteiger partial charge in [0.1, 0.15) is 22.4 Å². The standard InChI is InChI=1S/C28H34N4O6/c1-27(2,3)38-26(34)31(21-13-14-21)28(20-11-12-20,25(33)35-4)17-19-9-15-22(16-10-19)36-18-37-32-24-8-6-5-7-23(24)29-30-32/h5-10,15-16,20-21H,11-14,17-18H2,1-4H3/t28-/m0/s1. The third-order valence-corrected chi connectivity index (χ3v) is 6.84. The Labute approximate surface area is 221 Å². The number of methoxy groups -OCH3 is 1. The van der Waals surface area contributed by atoms with Gasteiger partial charge in [-0.15, -0.1) is 5.10 Å². The molecule has 10 heteroatoms. The van der Waals surface area contributed by atoms with Gasteiger partial charge in [0.05, 0.1) is 7.11 Å². The second kappa shape index (κ2) is 10.2. The number of ether oxygens (including phenoxy) is 3. The molecule has 1 heterocycles. The van der Waals surface area contributed by atoms with Crippen molar-refractivity contribution in [2.45, 2.75) is 70.1 Å². The minimum absolute atomic E-state index is 0.0184. The molecule has 5 rings (SSSR count). The summed E-state index contributed by atoms with van der Waals surface area (Å²) in [6.07, 6.45) is 3.28. The summed E-state index contributed by atoms with van der Waals surface area (Å²) in [6, 6.07) is 14.9. The average molecular weight is 523 g/mol. The van der Waals surface area contributed by atoms with E-state index in [2.05, 4.69) is 10.3 Å². The van der Waals surface area contributed by atoms with Gasteiger partial charge in [0, 0.05) is 12.5 Å². The summed E-state index contributed by atoms with van der Waals surface area (Å²) in [5.74, 6) is 0.218. The zero-order chi connectivity index (χ0) is 26.9. The maximum atomic E-state index is 13.5. The van der Waals surface area contributed by atoms with Gasteiger partial charge in [-0.3, -0.25) is 4.90 Å². The van der Waals surface area contributed by atoms with Crippen molar-refractivity contribution in [1.82, 2.24) is 20.1 Å². The lowest BCUT2D eigenvalue weighted by molar-refractivity contribution is -0.157. The molecule has 202 valence electrons.